The molecule has 0 radical (unpaired) electrons. The van der Waals surface area contributed by atoms with Crippen molar-refractivity contribution in [2.24, 2.45) is 5.92 Å². The van der Waals surface area contributed by atoms with Gasteiger partial charge in [0.25, 0.3) is 5.91 Å². The van der Waals surface area contributed by atoms with Crippen LogP contribution in [-0.4, -0.2) is 47.2 Å². The first-order valence-corrected chi connectivity index (χ1v) is 10.9. The van der Waals surface area contributed by atoms with Crippen LogP contribution >= 0.6 is 0 Å². The molecule has 1 aliphatic carbocycles. The topological polar surface area (TPSA) is 46.5 Å². The van der Waals surface area contributed by atoms with Crippen LogP contribution < -0.4 is 10.1 Å². The minimum atomic E-state index is 0.158. The van der Waals surface area contributed by atoms with Gasteiger partial charge in [0.2, 0.25) is 0 Å². The van der Waals surface area contributed by atoms with Crippen molar-refractivity contribution >= 4 is 16.8 Å². The molecule has 2 fully saturated rings. The lowest BCUT2D eigenvalue weighted by atomic mass is 9.83. The molecule has 1 aromatic carbocycles. The van der Waals surface area contributed by atoms with Crippen molar-refractivity contribution in [1.82, 2.24) is 14.8 Å². The average Bonchev–Trinajstić information content (AvgIpc) is 3.09. The van der Waals surface area contributed by atoms with Crippen LogP contribution in [0.15, 0.2) is 24.4 Å². The van der Waals surface area contributed by atoms with Gasteiger partial charge >= 0.3 is 0 Å². The van der Waals surface area contributed by atoms with E-state index in [2.05, 4.69) is 36.0 Å². The molecule has 0 bridgehead atoms. The smallest absolute Gasteiger partial charge is 0.256 e. The highest BCUT2D eigenvalue weighted by molar-refractivity contribution is 6.08. The molecule has 3 heterocycles. The fraction of sp³-hybridized carbons (Fsp3) is 0.609. The lowest BCUT2D eigenvalue weighted by molar-refractivity contribution is 0.0675. The average molecular weight is 382 g/mol. The van der Waals surface area contributed by atoms with Gasteiger partial charge in [0, 0.05) is 36.8 Å². The highest BCUT2D eigenvalue weighted by atomic mass is 16.5. The summed E-state index contributed by atoms with van der Waals surface area (Å²) in [7, 11) is 0. The number of nitrogens with zero attached hydrogens (tertiary/aromatic N) is 2. The van der Waals surface area contributed by atoms with E-state index in [0.717, 1.165) is 41.9 Å². The molecule has 1 amide bonds. The first-order chi connectivity index (χ1) is 13.6. The van der Waals surface area contributed by atoms with Gasteiger partial charge in [0.15, 0.2) is 0 Å². The molecule has 150 valence electrons. The van der Waals surface area contributed by atoms with Crippen LogP contribution in [0.4, 0.5) is 0 Å². The standard InChI is InChI=1S/C23H31N3O2/c1-15-11-25(12-16(2)24-15)23(27)19-13-26-20(17-7-4-3-5-8-17)14-28-21-10-6-9-18(19)22(21)26/h6,9-10,13,15-17,20,24H,3-5,7-8,11-12,14H2,1-2H3/t15?,16?,20-/m0/s1. The van der Waals surface area contributed by atoms with Gasteiger partial charge in [-0.25, -0.2) is 0 Å². The Hall–Kier alpha value is -2.01. The van der Waals surface area contributed by atoms with E-state index < -0.39 is 0 Å². The number of para-hydroxylation sites is 1. The first kappa shape index (κ1) is 18.0. The zero-order chi connectivity index (χ0) is 19.3. The number of rotatable bonds is 2. The lowest BCUT2D eigenvalue weighted by Gasteiger charge is -2.36. The molecule has 5 nitrogen and oxygen atoms in total. The van der Waals surface area contributed by atoms with Crippen LogP contribution in [0, 0.1) is 5.92 Å². The molecule has 2 aliphatic heterocycles. The number of amides is 1. The van der Waals surface area contributed by atoms with Gasteiger partial charge in [-0.3, -0.25) is 4.79 Å². The Bertz CT molecular complexity index is 873. The molecule has 3 atom stereocenters. The van der Waals surface area contributed by atoms with Crippen molar-refractivity contribution in [2.75, 3.05) is 19.7 Å². The molecule has 5 heteroatoms. The summed E-state index contributed by atoms with van der Waals surface area (Å²) >= 11 is 0. The van der Waals surface area contributed by atoms with Crippen LogP contribution in [0.2, 0.25) is 0 Å². The largest absolute Gasteiger partial charge is 0.489 e. The van der Waals surface area contributed by atoms with Gasteiger partial charge in [0.05, 0.1) is 17.1 Å². The Labute approximate surface area is 167 Å². The second-order valence-electron chi connectivity index (χ2n) is 9.06. The number of hydrogen-bond acceptors (Lipinski definition) is 3. The highest BCUT2D eigenvalue weighted by Gasteiger charge is 2.34. The lowest BCUT2D eigenvalue weighted by Crippen LogP contribution is -2.55. The van der Waals surface area contributed by atoms with Crippen LogP contribution in [-0.2, 0) is 0 Å². The summed E-state index contributed by atoms with van der Waals surface area (Å²) in [6.07, 6.45) is 8.66. The van der Waals surface area contributed by atoms with Crippen LogP contribution in [0.1, 0.15) is 62.4 Å². The van der Waals surface area contributed by atoms with Crippen LogP contribution in [0.25, 0.3) is 10.9 Å². The van der Waals surface area contributed by atoms with Crippen molar-refractivity contribution in [1.29, 1.82) is 0 Å². The molecular formula is C23H31N3O2. The van der Waals surface area contributed by atoms with Gasteiger partial charge in [-0.05, 0) is 38.7 Å². The molecule has 28 heavy (non-hydrogen) atoms. The first-order valence-electron chi connectivity index (χ1n) is 10.9. The van der Waals surface area contributed by atoms with Crippen molar-refractivity contribution in [3.05, 3.63) is 30.0 Å². The third-order valence-corrected chi connectivity index (χ3v) is 6.85. The quantitative estimate of drug-likeness (QED) is 0.856. The number of carbonyl (C=O) groups excluding carboxylic acids is 1. The number of carbonyl (C=O) groups is 1. The molecule has 0 spiro atoms. The minimum absolute atomic E-state index is 0.158. The van der Waals surface area contributed by atoms with E-state index in [9.17, 15) is 4.79 Å². The number of aromatic nitrogens is 1. The minimum Gasteiger partial charge on any atom is -0.489 e. The van der Waals surface area contributed by atoms with Crippen molar-refractivity contribution in [3.8, 4) is 5.75 Å². The van der Waals surface area contributed by atoms with Gasteiger partial charge in [-0.2, -0.15) is 0 Å². The van der Waals surface area contributed by atoms with Gasteiger partial charge in [-0.15, -0.1) is 0 Å². The van der Waals surface area contributed by atoms with Crippen LogP contribution in [0.5, 0.6) is 5.75 Å². The zero-order valence-corrected chi connectivity index (χ0v) is 17.0. The molecule has 5 rings (SSSR count). The fourth-order valence-corrected chi connectivity index (χ4v) is 5.63. The molecular weight excluding hydrogens is 350 g/mol. The fourth-order valence-electron chi connectivity index (χ4n) is 5.63. The predicted molar refractivity (Wildman–Crippen MR) is 111 cm³/mol. The normalized spacial score (nSPS) is 28.4. The molecule has 1 saturated heterocycles. The van der Waals surface area contributed by atoms with E-state index in [1.165, 1.54) is 32.1 Å². The molecule has 1 saturated carbocycles. The summed E-state index contributed by atoms with van der Waals surface area (Å²) in [5.74, 6) is 1.73. The maximum atomic E-state index is 13.5. The number of benzene rings is 1. The third-order valence-electron chi connectivity index (χ3n) is 6.85. The molecule has 1 aromatic heterocycles. The highest BCUT2D eigenvalue weighted by Crippen LogP contribution is 2.42. The maximum absolute atomic E-state index is 13.5. The number of ether oxygens (including phenoxy) is 1. The van der Waals surface area contributed by atoms with Crippen molar-refractivity contribution in [2.45, 2.75) is 64.1 Å². The molecule has 2 aromatic rings. The zero-order valence-electron chi connectivity index (χ0n) is 17.0. The summed E-state index contributed by atoms with van der Waals surface area (Å²) in [5.41, 5.74) is 1.95. The third kappa shape index (κ3) is 3.00. The van der Waals surface area contributed by atoms with Crippen LogP contribution in [0.3, 0.4) is 0 Å². The monoisotopic (exact) mass is 381 g/mol. The number of piperazine rings is 1. The van der Waals surface area contributed by atoms with E-state index in [4.69, 9.17) is 4.74 Å². The van der Waals surface area contributed by atoms with Gasteiger partial charge in [0.1, 0.15) is 12.4 Å². The summed E-state index contributed by atoms with van der Waals surface area (Å²) in [4.78, 5) is 15.5. The van der Waals surface area contributed by atoms with Crippen molar-refractivity contribution < 1.29 is 9.53 Å². The molecule has 1 N–H and O–H groups in total. The second-order valence-corrected chi connectivity index (χ2v) is 9.06. The van der Waals surface area contributed by atoms with Gasteiger partial charge in [-0.1, -0.05) is 31.4 Å². The Morgan fingerprint density at radius 1 is 1.11 bits per heavy atom. The maximum Gasteiger partial charge on any atom is 0.256 e. The Morgan fingerprint density at radius 3 is 2.61 bits per heavy atom. The van der Waals surface area contributed by atoms with E-state index in [1.54, 1.807) is 0 Å². The summed E-state index contributed by atoms with van der Waals surface area (Å²) < 4.78 is 8.56. The molecule has 3 aliphatic rings. The summed E-state index contributed by atoms with van der Waals surface area (Å²) in [5, 5.41) is 4.56. The summed E-state index contributed by atoms with van der Waals surface area (Å²) in [6, 6.07) is 7.14. The van der Waals surface area contributed by atoms with E-state index in [-0.39, 0.29) is 5.91 Å². The summed E-state index contributed by atoms with van der Waals surface area (Å²) in [6.45, 7) is 6.55. The SMILES string of the molecule is CC1CN(C(=O)c2cn3c4c(cccc24)OC[C@H]3C2CCCCC2)CC(C)N1. The number of nitrogens with one attached hydrogen (secondary N) is 1. The number of hydrogen-bond donors (Lipinski definition) is 1. The van der Waals surface area contributed by atoms with E-state index in [1.807, 2.05) is 17.0 Å². The van der Waals surface area contributed by atoms with Crippen molar-refractivity contribution in [3.63, 3.8) is 0 Å². The van der Waals surface area contributed by atoms with Gasteiger partial charge < -0.3 is 19.5 Å². The van der Waals surface area contributed by atoms with E-state index in [0.29, 0.717) is 24.0 Å². The Morgan fingerprint density at radius 2 is 1.86 bits per heavy atom. The predicted octanol–water partition coefficient (Wildman–Crippen LogP) is 3.98. The van der Waals surface area contributed by atoms with E-state index >= 15 is 0 Å². The second kappa shape index (κ2) is 7.11. The Balaban J connectivity index is 1.54. The molecule has 2 unspecified atom stereocenters. The Kier molecular flexibility index (Phi) is 4.58.